The van der Waals surface area contributed by atoms with Crippen molar-refractivity contribution in [3.63, 3.8) is 0 Å². The second-order valence-corrected chi connectivity index (χ2v) is 7.28. The Morgan fingerprint density at radius 2 is 1.91 bits per heavy atom. The van der Waals surface area contributed by atoms with E-state index in [-0.39, 0.29) is 5.82 Å². The number of hydrogen-bond acceptors (Lipinski definition) is 3. The number of guanidine groups is 1. The van der Waals surface area contributed by atoms with Crippen LogP contribution in [0, 0.1) is 5.82 Å². The third-order valence-corrected chi connectivity index (χ3v) is 5.01. The minimum absolute atomic E-state index is 0.304. The summed E-state index contributed by atoms with van der Waals surface area (Å²) in [5.74, 6) is 0.377. The molecule has 2 aromatic carbocycles. The van der Waals surface area contributed by atoms with Crippen LogP contribution in [0.5, 0.6) is 0 Å². The Balaban J connectivity index is 1.42. The van der Waals surface area contributed by atoms with Crippen molar-refractivity contribution in [2.75, 3.05) is 6.54 Å². The van der Waals surface area contributed by atoms with Gasteiger partial charge in [-0.15, -0.1) is 0 Å². The second kappa shape index (κ2) is 10.4. The van der Waals surface area contributed by atoms with Crippen molar-refractivity contribution in [3.8, 4) is 5.69 Å². The van der Waals surface area contributed by atoms with Gasteiger partial charge in [0.25, 0.3) is 0 Å². The molecule has 0 fully saturated rings. The molecule has 2 heterocycles. The summed E-state index contributed by atoms with van der Waals surface area (Å²) >= 11 is 0. The van der Waals surface area contributed by atoms with Crippen molar-refractivity contribution >= 4 is 5.96 Å². The zero-order valence-electron chi connectivity index (χ0n) is 17.9. The SMILES string of the molecule is CCNC(=NCc1ccc(-n2ccnc2)c(F)c1)NCc1ccccc1Cn1cccn1. The molecule has 8 heteroatoms. The molecular weight excluding hydrogens is 405 g/mol. The fourth-order valence-electron chi connectivity index (χ4n) is 3.40. The number of aromatic nitrogens is 4. The smallest absolute Gasteiger partial charge is 0.191 e. The highest BCUT2D eigenvalue weighted by Gasteiger charge is 2.07. The molecule has 0 aliphatic rings. The molecular formula is C24H26FN7. The predicted molar refractivity (Wildman–Crippen MR) is 123 cm³/mol. The Labute approximate surface area is 186 Å². The van der Waals surface area contributed by atoms with Crippen molar-refractivity contribution < 1.29 is 4.39 Å². The van der Waals surface area contributed by atoms with Gasteiger partial charge in [-0.25, -0.2) is 14.4 Å². The summed E-state index contributed by atoms with van der Waals surface area (Å²) in [6, 6.07) is 15.3. The van der Waals surface area contributed by atoms with E-state index in [0.29, 0.717) is 31.3 Å². The van der Waals surface area contributed by atoms with Crippen LogP contribution in [0.2, 0.25) is 0 Å². The van der Waals surface area contributed by atoms with E-state index in [1.165, 1.54) is 17.2 Å². The normalized spacial score (nSPS) is 11.5. The molecule has 0 saturated carbocycles. The maximum atomic E-state index is 14.5. The quantitative estimate of drug-likeness (QED) is 0.331. The molecule has 2 N–H and O–H groups in total. The zero-order valence-corrected chi connectivity index (χ0v) is 17.9. The molecule has 0 aliphatic heterocycles. The summed E-state index contributed by atoms with van der Waals surface area (Å²) in [5.41, 5.74) is 3.62. The Bertz CT molecular complexity index is 1150. The maximum Gasteiger partial charge on any atom is 0.191 e. The van der Waals surface area contributed by atoms with E-state index >= 15 is 0 Å². The van der Waals surface area contributed by atoms with Gasteiger partial charge in [-0.3, -0.25) is 4.68 Å². The molecule has 2 aromatic heterocycles. The van der Waals surface area contributed by atoms with Crippen LogP contribution in [0.1, 0.15) is 23.6 Å². The fraction of sp³-hybridized carbons (Fsp3) is 0.208. The summed E-state index contributed by atoms with van der Waals surface area (Å²) < 4.78 is 18.1. The molecule has 4 aromatic rings. The summed E-state index contributed by atoms with van der Waals surface area (Å²) in [4.78, 5) is 8.60. The summed E-state index contributed by atoms with van der Waals surface area (Å²) in [7, 11) is 0. The van der Waals surface area contributed by atoms with Gasteiger partial charge in [-0.1, -0.05) is 30.3 Å². The van der Waals surface area contributed by atoms with Crippen LogP contribution >= 0.6 is 0 Å². The first kappa shape index (κ1) is 21.3. The minimum Gasteiger partial charge on any atom is -0.357 e. The van der Waals surface area contributed by atoms with E-state index in [0.717, 1.165) is 12.1 Å². The van der Waals surface area contributed by atoms with Gasteiger partial charge in [0.15, 0.2) is 5.96 Å². The lowest BCUT2D eigenvalue weighted by atomic mass is 10.1. The minimum atomic E-state index is -0.304. The highest BCUT2D eigenvalue weighted by atomic mass is 19.1. The van der Waals surface area contributed by atoms with Crippen molar-refractivity contribution in [2.24, 2.45) is 4.99 Å². The van der Waals surface area contributed by atoms with E-state index in [2.05, 4.69) is 37.8 Å². The van der Waals surface area contributed by atoms with Gasteiger partial charge < -0.3 is 15.2 Å². The highest BCUT2D eigenvalue weighted by Crippen LogP contribution is 2.16. The number of benzene rings is 2. The van der Waals surface area contributed by atoms with Crippen LogP contribution in [0.15, 0.2) is 84.6 Å². The molecule has 0 atom stereocenters. The number of hydrogen-bond donors (Lipinski definition) is 2. The number of halogens is 1. The molecule has 0 spiro atoms. The van der Waals surface area contributed by atoms with Crippen LogP contribution in [0.3, 0.4) is 0 Å². The Kier molecular flexibility index (Phi) is 6.91. The first-order valence-electron chi connectivity index (χ1n) is 10.6. The standard InChI is InChI=1S/C24H26FN7/c1-2-27-24(28-15-19-8-9-23(22(25)14-19)31-13-11-26-18-31)29-16-20-6-3-4-7-21(20)17-32-12-5-10-30-32/h3-14,18H,2,15-17H2,1H3,(H2,27,28,29). The molecule has 0 radical (unpaired) electrons. The molecule has 0 saturated heterocycles. The van der Waals surface area contributed by atoms with E-state index in [1.54, 1.807) is 35.6 Å². The van der Waals surface area contributed by atoms with Gasteiger partial charge in [0.05, 0.1) is 25.1 Å². The average Bonchev–Trinajstić information content (AvgIpc) is 3.51. The van der Waals surface area contributed by atoms with Crippen LogP contribution < -0.4 is 10.6 Å². The zero-order chi connectivity index (χ0) is 22.2. The number of rotatable bonds is 8. The largest absolute Gasteiger partial charge is 0.357 e. The Morgan fingerprint density at radius 3 is 2.62 bits per heavy atom. The van der Waals surface area contributed by atoms with Gasteiger partial charge in [0, 0.05) is 37.9 Å². The summed E-state index contributed by atoms with van der Waals surface area (Å²) in [5, 5.41) is 10.9. The van der Waals surface area contributed by atoms with Crippen molar-refractivity contribution in [2.45, 2.75) is 26.6 Å². The first-order chi connectivity index (χ1) is 15.7. The number of nitrogens with one attached hydrogen (secondary N) is 2. The fourth-order valence-corrected chi connectivity index (χ4v) is 3.40. The number of nitrogens with zero attached hydrogens (tertiary/aromatic N) is 5. The molecule has 0 amide bonds. The third-order valence-electron chi connectivity index (χ3n) is 5.01. The molecule has 0 aliphatic carbocycles. The topological polar surface area (TPSA) is 72.1 Å². The summed E-state index contributed by atoms with van der Waals surface area (Å²) in [6.45, 7) is 4.45. The molecule has 7 nitrogen and oxygen atoms in total. The van der Waals surface area contributed by atoms with E-state index in [1.807, 2.05) is 42.1 Å². The number of aliphatic imine (C=N–C) groups is 1. The maximum absolute atomic E-state index is 14.5. The van der Waals surface area contributed by atoms with Crippen LogP contribution in [0.4, 0.5) is 4.39 Å². The first-order valence-corrected chi connectivity index (χ1v) is 10.6. The predicted octanol–water partition coefficient (Wildman–Crippen LogP) is 3.51. The van der Waals surface area contributed by atoms with Gasteiger partial charge >= 0.3 is 0 Å². The summed E-state index contributed by atoms with van der Waals surface area (Å²) in [6.07, 6.45) is 8.65. The van der Waals surface area contributed by atoms with Crippen LogP contribution in [-0.2, 0) is 19.6 Å². The lowest BCUT2D eigenvalue weighted by Gasteiger charge is -2.14. The molecule has 32 heavy (non-hydrogen) atoms. The van der Waals surface area contributed by atoms with Gasteiger partial charge in [0.1, 0.15) is 5.82 Å². The van der Waals surface area contributed by atoms with Crippen LogP contribution in [0.25, 0.3) is 5.69 Å². The van der Waals surface area contributed by atoms with Crippen molar-refractivity contribution in [1.29, 1.82) is 0 Å². The molecule has 164 valence electrons. The second-order valence-electron chi connectivity index (χ2n) is 7.28. The molecule has 4 rings (SSSR count). The third kappa shape index (κ3) is 5.40. The monoisotopic (exact) mass is 431 g/mol. The van der Waals surface area contributed by atoms with Gasteiger partial charge in [-0.05, 0) is 41.8 Å². The number of imidazole rings is 1. The lowest BCUT2D eigenvalue weighted by molar-refractivity contribution is 0.615. The lowest BCUT2D eigenvalue weighted by Crippen LogP contribution is -2.37. The molecule has 0 unspecified atom stereocenters. The highest BCUT2D eigenvalue weighted by molar-refractivity contribution is 5.79. The van der Waals surface area contributed by atoms with E-state index in [4.69, 9.17) is 0 Å². The Hall–Kier alpha value is -3.94. The van der Waals surface area contributed by atoms with Gasteiger partial charge in [-0.2, -0.15) is 5.10 Å². The van der Waals surface area contributed by atoms with E-state index < -0.39 is 0 Å². The van der Waals surface area contributed by atoms with Crippen molar-refractivity contribution in [1.82, 2.24) is 30.0 Å². The average molecular weight is 432 g/mol. The van der Waals surface area contributed by atoms with E-state index in [9.17, 15) is 4.39 Å². The Morgan fingerprint density at radius 1 is 1.03 bits per heavy atom. The van der Waals surface area contributed by atoms with Crippen molar-refractivity contribution in [3.05, 3.63) is 102 Å². The van der Waals surface area contributed by atoms with Gasteiger partial charge in [0.2, 0.25) is 0 Å². The molecule has 0 bridgehead atoms. The van der Waals surface area contributed by atoms with Crippen LogP contribution in [-0.4, -0.2) is 31.8 Å².